The molecule has 388 valence electrons. The Kier molecular flexibility index (Phi) is 28.3. The Morgan fingerprint density at radius 2 is 0.574 bits per heavy atom. The summed E-state index contributed by atoms with van der Waals surface area (Å²) in [5, 5.41) is 77.3. The van der Waals surface area contributed by atoms with E-state index in [1.165, 1.54) is 0 Å². The number of benzene rings is 1. The number of aliphatic carboxylic acids is 7. The zero-order valence-corrected chi connectivity index (χ0v) is 33.6. The molecule has 0 bridgehead atoms. The molecule has 0 aliphatic carbocycles. The second kappa shape index (κ2) is 29.5. The van der Waals surface area contributed by atoms with E-state index in [2.05, 4.69) is 5.32 Å². The van der Waals surface area contributed by atoms with E-state index in [4.69, 9.17) is 39.6 Å². The molecule has 1 saturated heterocycles. The number of alkyl halides is 12. The van der Waals surface area contributed by atoms with Crippen molar-refractivity contribution in [3.05, 3.63) is 29.3 Å². The van der Waals surface area contributed by atoms with Crippen LogP contribution in [0, 0.1) is 0 Å². The van der Waals surface area contributed by atoms with Gasteiger partial charge in [-0.05, 0) is 18.2 Å². The fourth-order valence-corrected chi connectivity index (χ4v) is 4.14. The van der Waals surface area contributed by atoms with Gasteiger partial charge in [0.2, 0.25) is 5.91 Å². The first-order valence-electron chi connectivity index (χ1n) is 17.3. The molecule has 1 aromatic rings. The first-order chi connectivity index (χ1) is 30.6. The molecular weight excluding hydrogens is 986 g/mol. The van der Waals surface area contributed by atoms with Crippen molar-refractivity contribution >= 4 is 65.3 Å². The van der Waals surface area contributed by atoms with Gasteiger partial charge in [0.25, 0.3) is 0 Å². The van der Waals surface area contributed by atoms with Crippen LogP contribution in [0.15, 0.2) is 18.2 Å². The van der Waals surface area contributed by atoms with Crippen LogP contribution in [-0.4, -0.2) is 228 Å². The van der Waals surface area contributed by atoms with E-state index in [1.54, 1.807) is 19.6 Å². The van der Waals surface area contributed by atoms with E-state index in [1.807, 2.05) is 0 Å². The molecule has 2 rings (SSSR count). The highest BCUT2D eigenvalue weighted by molar-refractivity contribution is 5.99. The number of amides is 1. The summed E-state index contributed by atoms with van der Waals surface area (Å²) in [7, 11) is 0. The van der Waals surface area contributed by atoms with Gasteiger partial charge in [-0.15, -0.1) is 0 Å². The number of carbonyl (C=O) groups is 10. The van der Waals surface area contributed by atoms with Crippen molar-refractivity contribution < 1.29 is 147 Å². The van der Waals surface area contributed by atoms with Gasteiger partial charge in [-0.1, -0.05) is 0 Å². The fraction of sp³-hybridized carbons (Fsp3) is 0.500. The van der Waals surface area contributed by atoms with Crippen molar-refractivity contribution in [2.45, 2.75) is 24.7 Å². The minimum Gasteiger partial charge on any atom is -0.480 e. The minimum absolute atomic E-state index is 0.0322. The van der Waals surface area contributed by atoms with Gasteiger partial charge in [0.05, 0.1) is 37.3 Å². The summed E-state index contributed by atoms with van der Waals surface area (Å²) in [6.45, 7) is 0.572. The third-order valence-electron chi connectivity index (χ3n) is 7.05. The van der Waals surface area contributed by atoms with Crippen molar-refractivity contribution in [3.8, 4) is 0 Å². The summed E-state index contributed by atoms with van der Waals surface area (Å²) in [6.07, 6.45) is -20.3. The number of carbonyl (C=O) groups excluding carboxylic acids is 1. The maximum atomic E-state index is 12.9. The smallest absolute Gasteiger partial charge is 0.480 e. The maximum Gasteiger partial charge on any atom is 0.490 e. The van der Waals surface area contributed by atoms with Gasteiger partial charge in [0.15, 0.2) is 0 Å². The van der Waals surface area contributed by atoms with Crippen LogP contribution in [0.1, 0.15) is 20.7 Å². The molecule has 1 fully saturated rings. The van der Waals surface area contributed by atoms with Gasteiger partial charge >= 0.3 is 78.4 Å². The molecule has 24 nitrogen and oxygen atoms in total. The molecule has 1 aliphatic rings. The Bertz CT molecular complexity index is 1750. The number of nitrogens with zero attached hydrogens (tertiary/aromatic N) is 4. The first kappa shape index (κ1) is 65.2. The summed E-state index contributed by atoms with van der Waals surface area (Å²) < 4.78 is 127. The Morgan fingerprint density at radius 1 is 0.382 bits per heavy atom. The molecule has 1 amide bonds. The van der Waals surface area contributed by atoms with E-state index < -0.39 is 84.3 Å². The molecule has 0 unspecified atom stereocenters. The number of nitrogens with one attached hydrogen (secondary N) is 1. The maximum absolute atomic E-state index is 12.9. The van der Waals surface area contributed by atoms with Crippen molar-refractivity contribution in [1.29, 1.82) is 0 Å². The average Bonchev–Trinajstić information content (AvgIpc) is 3.14. The summed E-state index contributed by atoms with van der Waals surface area (Å²) >= 11 is 0. The standard InChI is InChI=1S/C24H33N5O11.4C2HF3O2/c30-19(25-18-10-16(23(37)38)9-17(11-18)24(39)40)12-26-1-3-27(13-20(31)32)5-7-29(15-22(35)36)8-6-28(4-2-26)14-21(33)34;4*3-2(4,5)1(6)7/h9-11H,1-8,12-15H2,(H,25,30)(H,31,32)(H,33,34)(H,35,36)(H,37,38)(H,39,40);4*(H,6,7). The molecule has 36 heteroatoms. The van der Waals surface area contributed by atoms with Gasteiger partial charge in [0, 0.05) is 58.0 Å². The predicted molar refractivity (Wildman–Crippen MR) is 192 cm³/mol. The number of halogens is 12. The molecule has 0 atom stereocenters. The molecule has 1 aliphatic heterocycles. The highest BCUT2D eigenvalue weighted by atomic mass is 19.4. The number of hydrogen-bond donors (Lipinski definition) is 10. The molecule has 0 saturated carbocycles. The van der Waals surface area contributed by atoms with Crippen LogP contribution in [0.25, 0.3) is 0 Å². The molecule has 0 spiro atoms. The number of aromatic carboxylic acids is 2. The zero-order valence-electron chi connectivity index (χ0n) is 33.6. The van der Waals surface area contributed by atoms with Gasteiger partial charge in [-0.3, -0.25) is 38.8 Å². The van der Waals surface area contributed by atoms with Crippen LogP contribution >= 0.6 is 0 Å². The molecule has 68 heavy (non-hydrogen) atoms. The lowest BCUT2D eigenvalue weighted by Gasteiger charge is -2.32. The molecule has 1 aromatic carbocycles. The molecule has 0 radical (unpaired) electrons. The Labute approximate surface area is 369 Å². The Balaban J connectivity index is -0.00000121. The van der Waals surface area contributed by atoms with Gasteiger partial charge in [-0.25, -0.2) is 28.8 Å². The topological polar surface area (TPSA) is 378 Å². The number of hydrogen-bond acceptors (Lipinski definition) is 14. The van der Waals surface area contributed by atoms with Crippen molar-refractivity contribution in [2.75, 3.05) is 83.9 Å². The Morgan fingerprint density at radius 3 is 0.735 bits per heavy atom. The Hall–Kier alpha value is -7.08. The lowest BCUT2D eigenvalue weighted by Crippen LogP contribution is -2.49. The van der Waals surface area contributed by atoms with Gasteiger partial charge in [-0.2, -0.15) is 52.7 Å². The largest absolute Gasteiger partial charge is 0.490 e. The van der Waals surface area contributed by atoms with Crippen molar-refractivity contribution in [1.82, 2.24) is 19.6 Å². The van der Waals surface area contributed by atoms with Crippen molar-refractivity contribution in [2.24, 2.45) is 0 Å². The second-order valence-electron chi connectivity index (χ2n) is 12.5. The van der Waals surface area contributed by atoms with Crippen LogP contribution in [0.3, 0.4) is 0 Å². The molecule has 1 heterocycles. The summed E-state index contributed by atoms with van der Waals surface area (Å²) in [4.78, 5) is 112. The summed E-state index contributed by atoms with van der Waals surface area (Å²) in [5.74, 6) is -17.6. The fourth-order valence-electron chi connectivity index (χ4n) is 4.14. The van der Waals surface area contributed by atoms with Crippen LogP contribution in [0.5, 0.6) is 0 Å². The van der Waals surface area contributed by atoms with E-state index in [0.717, 1.165) is 18.2 Å². The van der Waals surface area contributed by atoms with Crippen LogP contribution in [0.2, 0.25) is 0 Å². The molecular formula is C32H37F12N5O19. The van der Waals surface area contributed by atoms with Crippen molar-refractivity contribution in [3.63, 3.8) is 0 Å². The number of carboxylic acid groups (broad SMARTS) is 9. The normalized spacial score (nSPS) is 14.5. The number of rotatable bonds is 11. The van der Waals surface area contributed by atoms with Crippen LogP contribution < -0.4 is 5.32 Å². The zero-order chi connectivity index (χ0) is 54.1. The summed E-state index contributed by atoms with van der Waals surface area (Å²) in [6, 6.07) is 3.20. The monoisotopic (exact) mass is 1020 g/mol. The van der Waals surface area contributed by atoms with E-state index >= 15 is 0 Å². The van der Waals surface area contributed by atoms with Gasteiger partial charge < -0.3 is 51.3 Å². The molecule has 10 N–H and O–H groups in total. The predicted octanol–water partition coefficient (Wildman–Crippen LogP) is 1.03. The average molecular weight is 1020 g/mol. The lowest BCUT2D eigenvalue weighted by molar-refractivity contribution is -0.193. The van der Waals surface area contributed by atoms with E-state index in [0.29, 0.717) is 0 Å². The van der Waals surface area contributed by atoms with E-state index in [9.17, 15) is 107 Å². The van der Waals surface area contributed by atoms with Gasteiger partial charge in [0.1, 0.15) is 0 Å². The van der Waals surface area contributed by atoms with E-state index in [-0.39, 0.29) is 95.4 Å². The molecule has 0 aromatic heterocycles. The number of carboxylic acids is 9. The van der Waals surface area contributed by atoms with Crippen LogP contribution in [0.4, 0.5) is 58.4 Å². The van der Waals surface area contributed by atoms with Crippen LogP contribution in [-0.2, 0) is 38.4 Å². The third kappa shape index (κ3) is 33.4. The lowest BCUT2D eigenvalue weighted by atomic mass is 10.1. The second-order valence-corrected chi connectivity index (χ2v) is 12.5. The highest BCUT2D eigenvalue weighted by Crippen LogP contribution is 2.17. The number of anilines is 1. The quantitative estimate of drug-likeness (QED) is 0.138. The first-order valence-corrected chi connectivity index (χ1v) is 17.3. The summed E-state index contributed by atoms with van der Waals surface area (Å²) in [5.41, 5.74) is -0.686. The highest BCUT2D eigenvalue weighted by Gasteiger charge is 2.40. The SMILES string of the molecule is O=C(O)C(F)(F)F.O=C(O)C(F)(F)F.O=C(O)C(F)(F)F.O=C(O)C(F)(F)F.O=C(O)CN1CCN(CC(=O)O)CCN(CC(=O)Nc2cc(C(=O)O)cc(C(=O)O)c2)CCN(CC(=O)O)CC1. The third-order valence-corrected chi connectivity index (χ3v) is 7.05. The minimum atomic E-state index is -5.08.